The van der Waals surface area contributed by atoms with E-state index in [4.69, 9.17) is 4.74 Å². The van der Waals surface area contributed by atoms with E-state index in [1.807, 2.05) is 37.3 Å². The Morgan fingerprint density at radius 1 is 1.44 bits per heavy atom. The number of aromatic amines is 1. The number of carbonyl (C=O) groups is 1. The summed E-state index contributed by atoms with van der Waals surface area (Å²) in [5.74, 6) is 0.509. The largest absolute Gasteiger partial charge is 0.481 e. The van der Waals surface area contributed by atoms with Gasteiger partial charge in [-0.25, -0.2) is 0 Å². The molecule has 18 heavy (non-hydrogen) atoms. The van der Waals surface area contributed by atoms with Crippen molar-refractivity contribution < 1.29 is 9.53 Å². The topological polar surface area (TPSA) is 67.0 Å². The van der Waals surface area contributed by atoms with E-state index in [0.717, 1.165) is 0 Å². The number of aromatic nitrogens is 2. The van der Waals surface area contributed by atoms with Crippen molar-refractivity contribution in [3.63, 3.8) is 0 Å². The van der Waals surface area contributed by atoms with Crippen molar-refractivity contribution >= 4 is 11.6 Å². The Hall–Kier alpha value is -2.30. The Morgan fingerprint density at radius 3 is 2.83 bits per heavy atom. The lowest BCUT2D eigenvalue weighted by Gasteiger charge is -2.16. The second-order valence-corrected chi connectivity index (χ2v) is 3.80. The first-order valence-electron chi connectivity index (χ1n) is 5.81. The van der Waals surface area contributed by atoms with Crippen LogP contribution in [-0.4, -0.2) is 22.2 Å². The van der Waals surface area contributed by atoms with Crippen LogP contribution in [0.3, 0.4) is 0 Å². The molecular weight excluding hydrogens is 230 g/mol. The molecule has 0 saturated carbocycles. The highest BCUT2D eigenvalue weighted by Gasteiger charge is 2.18. The van der Waals surface area contributed by atoms with Gasteiger partial charge in [0, 0.05) is 6.20 Å². The van der Waals surface area contributed by atoms with Gasteiger partial charge in [-0.2, -0.15) is 5.10 Å². The normalized spacial score (nSPS) is 11.8. The molecule has 1 atom stereocenters. The fraction of sp³-hybridized carbons (Fsp3) is 0.231. The summed E-state index contributed by atoms with van der Waals surface area (Å²) in [4.78, 5) is 12.0. The molecule has 2 N–H and O–H groups in total. The molecule has 2 aromatic rings. The van der Waals surface area contributed by atoms with E-state index in [0.29, 0.717) is 17.9 Å². The van der Waals surface area contributed by atoms with Gasteiger partial charge in [-0.1, -0.05) is 25.1 Å². The van der Waals surface area contributed by atoms with Gasteiger partial charge < -0.3 is 10.1 Å². The third kappa shape index (κ3) is 3.10. The fourth-order valence-electron chi connectivity index (χ4n) is 1.53. The summed E-state index contributed by atoms with van der Waals surface area (Å²) >= 11 is 0. The molecule has 1 unspecified atom stereocenters. The highest BCUT2D eigenvalue weighted by atomic mass is 16.5. The standard InChI is InChI=1S/C13H15N3O2/c1-2-12(18-11-6-4-3-5-7-11)13(17)16-10-8-14-15-9-10/h3-9,12H,2H2,1H3,(H,14,15)(H,16,17). The molecule has 0 saturated heterocycles. The van der Waals surface area contributed by atoms with Crippen molar-refractivity contribution in [3.8, 4) is 5.75 Å². The minimum atomic E-state index is -0.512. The van der Waals surface area contributed by atoms with Gasteiger partial charge in [-0.05, 0) is 18.6 Å². The van der Waals surface area contributed by atoms with Crippen LogP contribution in [0.1, 0.15) is 13.3 Å². The van der Waals surface area contributed by atoms with Gasteiger partial charge in [0.05, 0.1) is 11.9 Å². The number of rotatable bonds is 5. The summed E-state index contributed by atoms with van der Waals surface area (Å²) in [5, 5.41) is 9.14. The second kappa shape index (κ2) is 5.86. The molecule has 0 bridgehead atoms. The summed E-state index contributed by atoms with van der Waals surface area (Å²) in [5.41, 5.74) is 0.634. The Morgan fingerprint density at radius 2 is 2.22 bits per heavy atom. The van der Waals surface area contributed by atoms with Crippen LogP contribution in [0.5, 0.6) is 5.75 Å². The van der Waals surface area contributed by atoms with Crippen molar-refractivity contribution in [3.05, 3.63) is 42.7 Å². The van der Waals surface area contributed by atoms with Gasteiger partial charge in [0.25, 0.3) is 5.91 Å². The average molecular weight is 245 g/mol. The van der Waals surface area contributed by atoms with Gasteiger partial charge in [-0.3, -0.25) is 9.89 Å². The van der Waals surface area contributed by atoms with Crippen LogP contribution < -0.4 is 10.1 Å². The molecule has 0 aliphatic rings. The lowest BCUT2D eigenvalue weighted by molar-refractivity contribution is -0.122. The smallest absolute Gasteiger partial charge is 0.265 e. The van der Waals surface area contributed by atoms with E-state index in [-0.39, 0.29) is 5.91 Å². The quantitative estimate of drug-likeness (QED) is 0.848. The monoisotopic (exact) mass is 245 g/mol. The number of amides is 1. The lowest BCUT2D eigenvalue weighted by Crippen LogP contribution is -2.32. The van der Waals surface area contributed by atoms with Crippen LogP contribution in [0.25, 0.3) is 0 Å². The van der Waals surface area contributed by atoms with Crippen LogP contribution in [0, 0.1) is 0 Å². The van der Waals surface area contributed by atoms with E-state index in [1.165, 1.54) is 0 Å². The summed E-state index contributed by atoms with van der Waals surface area (Å²) in [6, 6.07) is 9.30. The van der Waals surface area contributed by atoms with E-state index in [9.17, 15) is 4.79 Å². The highest BCUT2D eigenvalue weighted by Crippen LogP contribution is 2.13. The van der Waals surface area contributed by atoms with Crippen LogP contribution >= 0.6 is 0 Å². The van der Waals surface area contributed by atoms with Crippen LogP contribution in [0.4, 0.5) is 5.69 Å². The SMILES string of the molecule is CCC(Oc1ccccc1)C(=O)Nc1cn[nH]c1. The van der Waals surface area contributed by atoms with Crippen molar-refractivity contribution in [1.29, 1.82) is 0 Å². The van der Waals surface area contributed by atoms with E-state index >= 15 is 0 Å². The van der Waals surface area contributed by atoms with E-state index in [2.05, 4.69) is 15.5 Å². The number of carbonyl (C=O) groups excluding carboxylic acids is 1. The number of ether oxygens (including phenoxy) is 1. The molecule has 0 aliphatic carbocycles. The maximum Gasteiger partial charge on any atom is 0.265 e. The number of benzene rings is 1. The molecule has 1 heterocycles. The van der Waals surface area contributed by atoms with Crippen molar-refractivity contribution in [2.75, 3.05) is 5.32 Å². The molecule has 0 radical (unpaired) electrons. The lowest BCUT2D eigenvalue weighted by atomic mass is 10.2. The minimum Gasteiger partial charge on any atom is -0.481 e. The predicted octanol–water partition coefficient (Wildman–Crippen LogP) is 2.21. The number of nitrogens with zero attached hydrogens (tertiary/aromatic N) is 1. The van der Waals surface area contributed by atoms with Crippen molar-refractivity contribution in [2.24, 2.45) is 0 Å². The molecule has 1 aromatic heterocycles. The summed E-state index contributed by atoms with van der Waals surface area (Å²) in [6.45, 7) is 1.91. The van der Waals surface area contributed by atoms with Gasteiger partial charge in [0.1, 0.15) is 5.75 Å². The molecule has 0 fully saturated rings. The van der Waals surface area contributed by atoms with Crippen molar-refractivity contribution in [2.45, 2.75) is 19.4 Å². The zero-order valence-corrected chi connectivity index (χ0v) is 10.1. The predicted molar refractivity (Wildman–Crippen MR) is 68.4 cm³/mol. The Bertz CT molecular complexity index is 482. The number of anilines is 1. The van der Waals surface area contributed by atoms with Gasteiger partial charge in [0.15, 0.2) is 6.10 Å². The van der Waals surface area contributed by atoms with Crippen molar-refractivity contribution in [1.82, 2.24) is 10.2 Å². The molecular formula is C13H15N3O2. The minimum absolute atomic E-state index is 0.178. The Labute approximate surface area is 105 Å². The molecule has 5 heteroatoms. The molecule has 1 aromatic carbocycles. The van der Waals surface area contributed by atoms with Gasteiger partial charge in [-0.15, -0.1) is 0 Å². The molecule has 0 aliphatic heterocycles. The van der Waals surface area contributed by atoms with Crippen LogP contribution in [0.15, 0.2) is 42.7 Å². The van der Waals surface area contributed by atoms with E-state index in [1.54, 1.807) is 12.4 Å². The number of hydrogen-bond acceptors (Lipinski definition) is 3. The molecule has 1 amide bonds. The summed E-state index contributed by atoms with van der Waals surface area (Å²) < 4.78 is 5.63. The molecule has 94 valence electrons. The number of nitrogens with one attached hydrogen (secondary N) is 2. The number of para-hydroxylation sites is 1. The summed E-state index contributed by atoms with van der Waals surface area (Å²) in [6.07, 6.45) is 3.25. The number of hydrogen-bond donors (Lipinski definition) is 2. The van der Waals surface area contributed by atoms with Gasteiger partial charge >= 0.3 is 0 Å². The zero-order chi connectivity index (χ0) is 12.8. The first-order valence-corrected chi connectivity index (χ1v) is 5.81. The van der Waals surface area contributed by atoms with Gasteiger partial charge in [0.2, 0.25) is 0 Å². The maximum absolute atomic E-state index is 12.0. The van der Waals surface area contributed by atoms with E-state index < -0.39 is 6.10 Å². The molecule has 2 rings (SSSR count). The Kier molecular flexibility index (Phi) is 3.96. The average Bonchev–Trinajstić information content (AvgIpc) is 2.90. The molecule has 5 nitrogen and oxygen atoms in total. The van der Waals surface area contributed by atoms with Crippen LogP contribution in [-0.2, 0) is 4.79 Å². The highest BCUT2D eigenvalue weighted by molar-refractivity contribution is 5.94. The third-order valence-electron chi connectivity index (χ3n) is 2.45. The molecule has 0 spiro atoms. The summed E-state index contributed by atoms with van der Waals surface area (Å²) in [7, 11) is 0. The zero-order valence-electron chi connectivity index (χ0n) is 10.1. The first kappa shape index (κ1) is 12.2. The fourth-order valence-corrected chi connectivity index (χ4v) is 1.53. The Balaban J connectivity index is 1.98. The maximum atomic E-state index is 12.0. The number of H-pyrrole nitrogens is 1. The second-order valence-electron chi connectivity index (χ2n) is 3.80. The third-order valence-corrected chi connectivity index (χ3v) is 2.45. The van der Waals surface area contributed by atoms with Crippen LogP contribution in [0.2, 0.25) is 0 Å². The first-order chi connectivity index (χ1) is 8.79.